The lowest BCUT2D eigenvalue weighted by Crippen LogP contribution is -2.36. The molecular weight excluding hydrogens is 402 g/mol. The summed E-state index contributed by atoms with van der Waals surface area (Å²) in [6, 6.07) is 5.05. The second-order valence-electron chi connectivity index (χ2n) is 8.40. The number of aromatic nitrogens is 1. The van der Waals surface area contributed by atoms with E-state index in [1.807, 2.05) is 30.5 Å². The van der Waals surface area contributed by atoms with Crippen LogP contribution < -0.4 is 14.9 Å². The maximum atomic E-state index is 12.5. The second-order valence-corrected chi connectivity index (χ2v) is 8.40. The molecule has 1 fully saturated rings. The largest absolute Gasteiger partial charge is 0.493 e. The fourth-order valence-corrected chi connectivity index (χ4v) is 4.67. The Morgan fingerprint density at radius 1 is 1.23 bits per heavy atom. The number of rotatable bonds is 7. The molecule has 0 spiro atoms. The highest BCUT2D eigenvalue weighted by atomic mass is 16.5. The van der Waals surface area contributed by atoms with Gasteiger partial charge in [-0.15, -0.1) is 0 Å². The zero-order valence-corrected chi connectivity index (χ0v) is 18.1. The van der Waals surface area contributed by atoms with Crippen molar-refractivity contribution in [1.82, 2.24) is 4.57 Å². The van der Waals surface area contributed by atoms with Crippen LogP contribution in [0.2, 0.25) is 0 Å². The molecule has 2 aromatic rings. The summed E-state index contributed by atoms with van der Waals surface area (Å²) >= 11 is 0. The van der Waals surface area contributed by atoms with Crippen LogP contribution in [0.25, 0.3) is 11.3 Å². The molecule has 2 atom stereocenters. The topological polar surface area (TPSA) is 96.2 Å². The minimum atomic E-state index is -1.24. The van der Waals surface area contributed by atoms with E-state index >= 15 is 0 Å². The van der Waals surface area contributed by atoms with Crippen LogP contribution in [0.1, 0.15) is 48.1 Å². The predicted octanol–water partition coefficient (Wildman–Crippen LogP) is 3.08. The highest BCUT2D eigenvalue weighted by Crippen LogP contribution is 2.54. The van der Waals surface area contributed by atoms with Gasteiger partial charge < -0.3 is 28.6 Å². The first-order chi connectivity index (χ1) is 14.8. The summed E-state index contributed by atoms with van der Waals surface area (Å²) in [5.74, 6) is -0.0847. The Morgan fingerprint density at radius 2 is 2.00 bits per heavy atom. The van der Waals surface area contributed by atoms with Crippen LogP contribution in [0.4, 0.5) is 0 Å². The minimum Gasteiger partial charge on any atom is -0.493 e. The molecule has 2 aliphatic heterocycles. The number of nitrogens with zero attached hydrogens (tertiary/aromatic N) is 1. The van der Waals surface area contributed by atoms with E-state index in [0.29, 0.717) is 37.0 Å². The molecule has 4 rings (SSSR count). The van der Waals surface area contributed by atoms with Gasteiger partial charge in [0, 0.05) is 43.9 Å². The van der Waals surface area contributed by atoms with Crippen molar-refractivity contribution in [3.8, 4) is 22.8 Å². The number of aromatic carboxylic acids is 1. The van der Waals surface area contributed by atoms with E-state index in [9.17, 15) is 14.7 Å². The third-order valence-corrected chi connectivity index (χ3v) is 6.10. The molecule has 2 aliphatic rings. The summed E-state index contributed by atoms with van der Waals surface area (Å²) < 4.78 is 24.6. The van der Waals surface area contributed by atoms with Crippen molar-refractivity contribution in [3.05, 3.63) is 45.7 Å². The molecule has 1 aromatic heterocycles. The van der Waals surface area contributed by atoms with Gasteiger partial charge in [0.1, 0.15) is 5.56 Å². The minimum absolute atomic E-state index is 0.0196. The van der Waals surface area contributed by atoms with Gasteiger partial charge in [0.2, 0.25) is 0 Å². The molecule has 8 nitrogen and oxygen atoms in total. The first kappa shape index (κ1) is 21.4. The summed E-state index contributed by atoms with van der Waals surface area (Å²) in [5, 5.41) is 9.48. The molecule has 2 unspecified atom stereocenters. The van der Waals surface area contributed by atoms with E-state index in [-0.39, 0.29) is 17.5 Å². The standard InChI is InChI=1S/C23H27NO7/c1-23(2)21-16(12-31-23)13-8-20(30-7-5-6-28-3)19(29-4)9-14(13)17-10-18(25)15(22(26)27)11-24(17)21/h8-11,16,21H,5-7,12H2,1-4H3,(H,26,27). The Balaban J connectivity index is 1.88. The monoisotopic (exact) mass is 429 g/mol. The molecule has 0 bridgehead atoms. The number of carboxylic acid groups (broad SMARTS) is 1. The number of carboxylic acids is 1. The van der Waals surface area contributed by atoms with E-state index in [1.165, 1.54) is 12.3 Å². The van der Waals surface area contributed by atoms with Crippen molar-refractivity contribution in [2.45, 2.75) is 37.8 Å². The Hall–Kier alpha value is -2.84. The van der Waals surface area contributed by atoms with E-state index in [0.717, 1.165) is 17.5 Å². The molecule has 0 saturated carbocycles. The zero-order valence-electron chi connectivity index (χ0n) is 18.1. The summed E-state index contributed by atoms with van der Waals surface area (Å²) in [6.45, 7) is 5.53. The van der Waals surface area contributed by atoms with Crippen LogP contribution in [0.3, 0.4) is 0 Å². The summed E-state index contributed by atoms with van der Waals surface area (Å²) in [5.41, 5.74) is 1.14. The molecule has 8 heteroatoms. The van der Waals surface area contributed by atoms with Gasteiger partial charge in [0.15, 0.2) is 16.9 Å². The lowest BCUT2D eigenvalue weighted by Gasteiger charge is -2.38. The summed E-state index contributed by atoms with van der Waals surface area (Å²) in [4.78, 5) is 24.1. The van der Waals surface area contributed by atoms with E-state index in [2.05, 4.69) is 0 Å². The third-order valence-electron chi connectivity index (χ3n) is 6.10. The van der Waals surface area contributed by atoms with Crippen LogP contribution in [-0.2, 0) is 9.47 Å². The van der Waals surface area contributed by atoms with Crippen LogP contribution in [-0.4, -0.2) is 55.3 Å². The van der Waals surface area contributed by atoms with Gasteiger partial charge in [-0.1, -0.05) is 0 Å². The van der Waals surface area contributed by atoms with Crippen molar-refractivity contribution in [2.75, 3.05) is 34.0 Å². The van der Waals surface area contributed by atoms with Gasteiger partial charge in [-0.05, 0) is 31.5 Å². The van der Waals surface area contributed by atoms with Crippen molar-refractivity contribution in [3.63, 3.8) is 0 Å². The van der Waals surface area contributed by atoms with Crippen LogP contribution in [0.15, 0.2) is 29.2 Å². The SMILES string of the molecule is COCCCOc1cc2c(cc1OC)-c1cc(=O)c(C(=O)O)cn1C1C2COC1(C)C. The average molecular weight is 429 g/mol. The smallest absolute Gasteiger partial charge is 0.341 e. The maximum absolute atomic E-state index is 12.5. The molecule has 3 heterocycles. The van der Waals surface area contributed by atoms with E-state index < -0.39 is 17.0 Å². The van der Waals surface area contributed by atoms with E-state index in [1.54, 1.807) is 14.2 Å². The number of carbonyl (C=O) groups is 1. The van der Waals surface area contributed by atoms with Crippen molar-refractivity contribution in [1.29, 1.82) is 0 Å². The highest BCUT2D eigenvalue weighted by Gasteiger charge is 2.49. The number of benzene rings is 1. The molecule has 166 valence electrons. The average Bonchev–Trinajstić information content (AvgIpc) is 3.05. The normalized spacial score (nSPS) is 20.5. The van der Waals surface area contributed by atoms with Gasteiger partial charge in [-0.2, -0.15) is 0 Å². The molecular formula is C23H27NO7. The first-order valence-corrected chi connectivity index (χ1v) is 10.3. The summed E-state index contributed by atoms with van der Waals surface area (Å²) in [6.07, 6.45) is 2.19. The fraction of sp³-hybridized carbons (Fsp3) is 0.478. The van der Waals surface area contributed by atoms with Gasteiger partial charge in [0.25, 0.3) is 0 Å². The van der Waals surface area contributed by atoms with Crippen molar-refractivity contribution < 1.29 is 28.8 Å². The molecule has 0 amide bonds. The van der Waals surface area contributed by atoms with Crippen LogP contribution >= 0.6 is 0 Å². The van der Waals surface area contributed by atoms with E-state index in [4.69, 9.17) is 18.9 Å². The van der Waals surface area contributed by atoms with Gasteiger partial charge in [-0.25, -0.2) is 4.79 Å². The Kier molecular flexibility index (Phi) is 5.53. The van der Waals surface area contributed by atoms with Crippen LogP contribution in [0.5, 0.6) is 11.5 Å². The highest BCUT2D eigenvalue weighted by molar-refractivity contribution is 5.88. The van der Waals surface area contributed by atoms with Gasteiger partial charge in [-0.3, -0.25) is 4.79 Å². The van der Waals surface area contributed by atoms with Crippen LogP contribution in [0, 0.1) is 0 Å². The maximum Gasteiger partial charge on any atom is 0.341 e. The number of pyridine rings is 1. The molecule has 1 aromatic carbocycles. The Morgan fingerprint density at radius 3 is 2.68 bits per heavy atom. The van der Waals surface area contributed by atoms with Gasteiger partial charge in [0.05, 0.1) is 37.7 Å². The number of hydrogen-bond acceptors (Lipinski definition) is 6. The Labute approximate surface area is 180 Å². The molecule has 31 heavy (non-hydrogen) atoms. The number of fused-ring (bicyclic) bond motifs is 6. The number of hydrogen-bond donors (Lipinski definition) is 1. The van der Waals surface area contributed by atoms with Crippen molar-refractivity contribution >= 4 is 5.97 Å². The lowest BCUT2D eigenvalue weighted by atomic mass is 9.79. The van der Waals surface area contributed by atoms with Crippen molar-refractivity contribution in [2.24, 2.45) is 0 Å². The fourth-order valence-electron chi connectivity index (χ4n) is 4.67. The lowest BCUT2D eigenvalue weighted by molar-refractivity contribution is 0.0145. The predicted molar refractivity (Wildman–Crippen MR) is 113 cm³/mol. The second kappa shape index (κ2) is 8.01. The van der Waals surface area contributed by atoms with Gasteiger partial charge >= 0.3 is 5.97 Å². The zero-order chi connectivity index (χ0) is 22.3. The molecule has 1 N–H and O–H groups in total. The Bertz CT molecular complexity index is 1070. The molecule has 0 radical (unpaired) electrons. The molecule has 0 aliphatic carbocycles. The quantitative estimate of drug-likeness (QED) is 0.676. The molecule has 1 saturated heterocycles. The summed E-state index contributed by atoms with van der Waals surface area (Å²) in [7, 11) is 3.22. The first-order valence-electron chi connectivity index (χ1n) is 10.3. The number of ether oxygens (including phenoxy) is 4. The third kappa shape index (κ3) is 3.59. The number of methoxy groups -OCH3 is 2.